The first-order valence-electron chi connectivity index (χ1n) is 7.94. The molecule has 144 valence electrons. The number of methoxy groups -OCH3 is 1. The van der Waals surface area contributed by atoms with E-state index in [-0.39, 0.29) is 21.8 Å². The maximum Gasteiger partial charge on any atom is 0.413 e. The van der Waals surface area contributed by atoms with Gasteiger partial charge in [-0.15, -0.1) is 0 Å². The van der Waals surface area contributed by atoms with Crippen molar-refractivity contribution < 1.29 is 23.9 Å². The van der Waals surface area contributed by atoms with E-state index in [0.717, 1.165) is 4.90 Å². The number of nitrogens with one attached hydrogen (secondary N) is 1. The number of carbonyl (C=O) groups is 3. The second kappa shape index (κ2) is 9.39. The third-order valence-electron chi connectivity index (χ3n) is 3.64. The fourth-order valence-electron chi connectivity index (χ4n) is 2.26. The molecule has 0 aromatic heterocycles. The molecular weight excluding hydrogens is 386 g/mol. The number of ether oxygens (including phenoxy) is 2. The van der Waals surface area contributed by atoms with Crippen molar-refractivity contribution >= 4 is 40.9 Å². The molecule has 0 spiro atoms. The predicted molar refractivity (Wildman–Crippen MR) is 102 cm³/mol. The van der Waals surface area contributed by atoms with E-state index in [9.17, 15) is 14.4 Å². The molecule has 0 radical (unpaired) electrons. The smallest absolute Gasteiger partial charge is 0.413 e. The van der Waals surface area contributed by atoms with Gasteiger partial charge in [-0.25, -0.2) is 9.59 Å². The van der Waals surface area contributed by atoms with Crippen molar-refractivity contribution in [1.82, 2.24) is 0 Å². The summed E-state index contributed by atoms with van der Waals surface area (Å²) in [5.41, 5.74) is 1.01. The number of para-hydroxylation sites is 1. The highest BCUT2D eigenvalue weighted by atomic mass is 35.5. The number of hydrogen-bond acceptors (Lipinski definition) is 6. The van der Waals surface area contributed by atoms with Crippen molar-refractivity contribution in [3.05, 3.63) is 58.6 Å². The van der Waals surface area contributed by atoms with E-state index >= 15 is 0 Å². The molecule has 2 aromatic rings. The first-order chi connectivity index (χ1) is 13.4. The number of benzene rings is 2. The molecule has 0 aliphatic heterocycles. The number of esters is 1. The minimum atomic E-state index is -0.778. The van der Waals surface area contributed by atoms with Crippen LogP contribution in [0.4, 0.5) is 16.2 Å². The molecule has 28 heavy (non-hydrogen) atoms. The minimum Gasteiger partial charge on any atom is -0.452 e. The van der Waals surface area contributed by atoms with E-state index in [2.05, 4.69) is 10.1 Å². The Kier molecular flexibility index (Phi) is 6.96. The zero-order chi connectivity index (χ0) is 20.7. The summed E-state index contributed by atoms with van der Waals surface area (Å²) in [7, 11) is 2.67. The molecule has 8 nitrogen and oxygen atoms in total. The van der Waals surface area contributed by atoms with Gasteiger partial charge in [0.25, 0.3) is 5.91 Å². The average molecular weight is 402 g/mol. The highest BCUT2D eigenvalue weighted by Crippen LogP contribution is 2.22. The molecule has 0 saturated heterocycles. The molecule has 2 aromatic carbocycles. The Bertz CT molecular complexity index is 955. The van der Waals surface area contributed by atoms with Crippen LogP contribution >= 0.6 is 11.6 Å². The summed E-state index contributed by atoms with van der Waals surface area (Å²) in [6.07, 6.45) is -0.657. The zero-order valence-corrected chi connectivity index (χ0v) is 15.8. The summed E-state index contributed by atoms with van der Waals surface area (Å²) in [5, 5.41) is 11.5. The van der Waals surface area contributed by atoms with Crippen LogP contribution in [0.15, 0.2) is 42.5 Å². The maximum atomic E-state index is 12.3. The molecule has 0 saturated carbocycles. The Balaban J connectivity index is 2.02. The molecule has 0 aliphatic rings. The van der Waals surface area contributed by atoms with Gasteiger partial charge in [-0.1, -0.05) is 23.7 Å². The van der Waals surface area contributed by atoms with Gasteiger partial charge in [0.2, 0.25) is 0 Å². The summed E-state index contributed by atoms with van der Waals surface area (Å²) in [6, 6.07) is 12.6. The second-order valence-corrected chi connectivity index (χ2v) is 5.88. The second-order valence-electron chi connectivity index (χ2n) is 5.48. The van der Waals surface area contributed by atoms with Crippen molar-refractivity contribution in [2.24, 2.45) is 0 Å². The highest BCUT2D eigenvalue weighted by Gasteiger charge is 2.20. The molecular formula is C19H16ClN3O5. The van der Waals surface area contributed by atoms with Gasteiger partial charge in [-0.3, -0.25) is 9.69 Å². The van der Waals surface area contributed by atoms with Gasteiger partial charge >= 0.3 is 12.1 Å². The van der Waals surface area contributed by atoms with Gasteiger partial charge < -0.3 is 14.8 Å². The lowest BCUT2D eigenvalue weighted by molar-refractivity contribution is -0.119. The number of amides is 2. The number of nitriles is 1. The van der Waals surface area contributed by atoms with E-state index in [1.54, 1.807) is 18.2 Å². The van der Waals surface area contributed by atoms with Crippen molar-refractivity contribution in [3.63, 3.8) is 0 Å². The topological polar surface area (TPSA) is 109 Å². The van der Waals surface area contributed by atoms with Crippen LogP contribution in [0.3, 0.4) is 0 Å². The summed E-state index contributed by atoms with van der Waals surface area (Å²) < 4.78 is 9.66. The van der Waals surface area contributed by atoms with Crippen LogP contribution in [0.25, 0.3) is 0 Å². The standard InChI is InChI=1S/C19H16ClN3O5/c1-23(19(26)27-2)16-6-4-3-5-14(16)18(25)28-11-17(24)22-13-8-7-12(10-21)15(20)9-13/h3-9H,11H2,1-2H3,(H,22,24). The maximum absolute atomic E-state index is 12.3. The SMILES string of the molecule is COC(=O)N(C)c1ccccc1C(=O)OCC(=O)Nc1ccc(C#N)c(Cl)c1. The molecule has 0 fully saturated rings. The lowest BCUT2D eigenvalue weighted by atomic mass is 10.1. The molecule has 0 unspecified atom stereocenters. The number of anilines is 2. The molecule has 9 heteroatoms. The van der Waals surface area contributed by atoms with Crippen molar-refractivity contribution in [3.8, 4) is 6.07 Å². The first kappa shape index (κ1) is 20.7. The third kappa shape index (κ3) is 4.99. The molecule has 0 aliphatic carbocycles. The normalized spacial score (nSPS) is 9.79. The Morgan fingerprint density at radius 3 is 2.57 bits per heavy atom. The molecule has 2 amide bonds. The van der Waals surface area contributed by atoms with Gasteiger partial charge in [0.05, 0.1) is 28.9 Å². The minimum absolute atomic E-state index is 0.101. The van der Waals surface area contributed by atoms with Crippen molar-refractivity contribution in [1.29, 1.82) is 5.26 Å². The lowest BCUT2D eigenvalue weighted by Gasteiger charge is -2.18. The van der Waals surface area contributed by atoms with E-state index < -0.39 is 24.6 Å². The van der Waals surface area contributed by atoms with Crippen molar-refractivity contribution in [2.45, 2.75) is 0 Å². The first-order valence-corrected chi connectivity index (χ1v) is 8.32. The summed E-state index contributed by atoms with van der Waals surface area (Å²) in [4.78, 5) is 37.2. The van der Waals surface area contributed by atoms with Gasteiger partial charge in [0.1, 0.15) is 6.07 Å². The van der Waals surface area contributed by atoms with E-state index in [4.69, 9.17) is 21.6 Å². The Labute approximate surface area is 166 Å². The lowest BCUT2D eigenvalue weighted by Crippen LogP contribution is -2.28. The molecule has 2 rings (SSSR count). The summed E-state index contributed by atoms with van der Waals surface area (Å²) in [5.74, 6) is -1.37. The summed E-state index contributed by atoms with van der Waals surface area (Å²) in [6.45, 7) is -0.549. The van der Waals surface area contributed by atoms with Crippen LogP contribution in [0.5, 0.6) is 0 Å². The number of halogens is 1. The van der Waals surface area contributed by atoms with Crippen LogP contribution < -0.4 is 10.2 Å². The molecule has 1 N–H and O–H groups in total. The Morgan fingerprint density at radius 2 is 1.93 bits per heavy atom. The fourth-order valence-corrected chi connectivity index (χ4v) is 2.49. The molecule has 0 atom stereocenters. The fraction of sp³-hybridized carbons (Fsp3) is 0.158. The monoisotopic (exact) mass is 401 g/mol. The van der Waals surface area contributed by atoms with Crippen LogP contribution in [0.2, 0.25) is 5.02 Å². The zero-order valence-electron chi connectivity index (χ0n) is 15.1. The van der Waals surface area contributed by atoms with E-state index in [0.29, 0.717) is 5.69 Å². The van der Waals surface area contributed by atoms with Crippen molar-refractivity contribution in [2.75, 3.05) is 31.0 Å². The van der Waals surface area contributed by atoms with Gasteiger partial charge in [-0.05, 0) is 30.3 Å². The van der Waals surface area contributed by atoms with Crippen LogP contribution in [-0.2, 0) is 14.3 Å². The number of nitrogens with zero attached hydrogens (tertiary/aromatic N) is 2. The van der Waals surface area contributed by atoms with Crippen LogP contribution in [0.1, 0.15) is 15.9 Å². The van der Waals surface area contributed by atoms with Crippen LogP contribution in [-0.4, -0.2) is 38.7 Å². The van der Waals surface area contributed by atoms with Gasteiger partial charge in [0.15, 0.2) is 6.61 Å². The van der Waals surface area contributed by atoms with Crippen LogP contribution in [0, 0.1) is 11.3 Å². The van der Waals surface area contributed by atoms with Gasteiger partial charge in [0, 0.05) is 12.7 Å². The molecule has 0 bridgehead atoms. The largest absolute Gasteiger partial charge is 0.452 e. The average Bonchev–Trinajstić information content (AvgIpc) is 2.71. The number of hydrogen-bond donors (Lipinski definition) is 1. The quantitative estimate of drug-likeness (QED) is 0.770. The Morgan fingerprint density at radius 1 is 1.21 bits per heavy atom. The number of carbonyl (C=O) groups excluding carboxylic acids is 3. The van der Waals surface area contributed by atoms with Gasteiger partial charge in [-0.2, -0.15) is 5.26 Å². The molecule has 0 heterocycles. The highest BCUT2D eigenvalue weighted by molar-refractivity contribution is 6.32. The van der Waals surface area contributed by atoms with E-state index in [1.807, 2.05) is 6.07 Å². The summed E-state index contributed by atoms with van der Waals surface area (Å²) >= 11 is 5.90. The van der Waals surface area contributed by atoms with E-state index in [1.165, 1.54) is 38.4 Å². The Hall–Kier alpha value is -3.57. The number of rotatable bonds is 5. The predicted octanol–water partition coefficient (Wildman–Crippen LogP) is 3.21. The third-order valence-corrected chi connectivity index (χ3v) is 3.95.